The molecule has 2 aromatic carbocycles. The van der Waals surface area contributed by atoms with E-state index in [1.807, 2.05) is 11.4 Å². The first-order valence-corrected chi connectivity index (χ1v) is 11.2. The molecule has 33 heavy (non-hydrogen) atoms. The molecule has 1 fully saturated rings. The average molecular weight is 515 g/mol. The molecule has 9 nitrogen and oxygen atoms in total. The molecule has 2 aliphatic heterocycles. The van der Waals surface area contributed by atoms with E-state index in [-0.39, 0.29) is 29.1 Å². The summed E-state index contributed by atoms with van der Waals surface area (Å²) in [6, 6.07) is 9.17. The Bertz CT molecular complexity index is 1180. The molecule has 2 unspecified atom stereocenters. The number of benzene rings is 2. The third-order valence-corrected chi connectivity index (χ3v) is 6.57. The molecule has 2 heterocycles. The monoisotopic (exact) mass is 514 g/mol. The fraction of sp³-hybridized carbons (Fsp3) is 0.304. The number of ether oxygens (including phenoxy) is 3. The molecule has 2 aliphatic rings. The number of fused-ring (bicyclic) bond motifs is 1. The molecule has 0 spiro atoms. The van der Waals surface area contributed by atoms with Crippen LogP contribution in [-0.4, -0.2) is 32.7 Å². The first-order chi connectivity index (χ1) is 15.9. The number of nitrogen functional groups attached to an aromatic ring is 1. The highest BCUT2D eigenvalue weighted by molar-refractivity contribution is 9.10. The first kappa shape index (κ1) is 22.8. The number of nitrogens with one attached hydrogen (secondary N) is 1. The van der Waals surface area contributed by atoms with Crippen LogP contribution in [0, 0.1) is 11.3 Å². The molecule has 7 N–H and O–H groups in total. The second-order valence-corrected chi connectivity index (χ2v) is 8.72. The van der Waals surface area contributed by atoms with E-state index in [0.29, 0.717) is 33.0 Å². The van der Waals surface area contributed by atoms with E-state index in [9.17, 15) is 10.1 Å². The molecular weight excluding hydrogens is 490 g/mol. The standard InChI is InChI=1S/C23H24BrN5O4/c1-31-17-9-11(8-14(24)21(17)32-2)18-12-5-6-15(29-23(30)16-4-3-7-28-16)19(26)20(12)33-22(27)13(18)10-25/h5-6,8-9,16,18,28H,3-4,7,26-27H2,1-2H3,(H,29,30)/p+1. The van der Waals surface area contributed by atoms with Gasteiger partial charge in [-0.3, -0.25) is 4.79 Å². The third kappa shape index (κ3) is 4.05. The van der Waals surface area contributed by atoms with Gasteiger partial charge in [-0.05, 0) is 39.7 Å². The van der Waals surface area contributed by atoms with Gasteiger partial charge < -0.3 is 36.3 Å². The molecule has 0 radical (unpaired) electrons. The summed E-state index contributed by atoms with van der Waals surface area (Å²) in [6.45, 7) is 0.932. The number of rotatable bonds is 5. The van der Waals surface area contributed by atoms with Crippen LogP contribution in [0.25, 0.3) is 0 Å². The zero-order valence-corrected chi connectivity index (χ0v) is 19.9. The summed E-state index contributed by atoms with van der Waals surface area (Å²) in [6.07, 6.45) is 1.83. The van der Waals surface area contributed by atoms with Gasteiger partial charge >= 0.3 is 0 Å². The van der Waals surface area contributed by atoms with E-state index < -0.39 is 5.92 Å². The van der Waals surface area contributed by atoms with Crippen LogP contribution in [0.1, 0.15) is 29.9 Å². The summed E-state index contributed by atoms with van der Waals surface area (Å²) >= 11 is 3.51. The number of amides is 1. The van der Waals surface area contributed by atoms with Crippen molar-refractivity contribution in [3.8, 4) is 23.3 Å². The molecule has 0 aliphatic carbocycles. The molecule has 0 aromatic heterocycles. The second-order valence-electron chi connectivity index (χ2n) is 7.87. The van der Waals surface area contributed by atoms with E-state index in [4.69, 9.17) is 25.7 Å². The Morgan fingerprint density at radius 3 is 2.73 bits per heavy atom. The summed E-state index contributed by atoms with van der Waals surface area (Å²) in [5, 5.41) is 14.8. The second kappa shape index (κ2) is 9.21. The number of carbonyl (C=O) groups is 1. The van der Waals surface area contributed by atoms with E-state index >= 15 is 0 Å². The summed E-state index contributed by atoms with van der Waals surface area (Å²) in [4.78, 5) is 12.6. The van der Waals surface area contributed by atoms with Crippen molar-refractivity contribution < 1.29 is 24.3 Å². The summed E-state index contributed by atoms with van der Waals surface area (Å²) in [7, 11) is 3.08. The number of halogens is 1. The maximum absolute atomic E-state index is 12.6. The van der Waals surface area contributed by atoms with Crippen molar-refractivity contribution in [2.24, 2.45) is 5.73 Å². The summed E-state index contributed by atoms with van der Waals surface area (Å²) < 4.78 is 17.3. The number of nitriles is 1. The SMILES string of the molecule is COc1cc(C2C(C#N)=C(N)Oc3c2ccc(NC(=O)C2CCC[NH2+]2)c3N)cc(Br)c1OC. The topological polar surface area (TPSA) is 149 Å². The zero-order valence-electron chi connectivity index (χ0n) is 18.3. The molecule has 1 saturated heterocycles. The molecule has 0 saturated carbocycles. The number of hydrogen-bond acceptors (Lipinski definition) is 7. The maximum atomic E-state index is 12.6. The van der Waals surface area contributed by atoms with Crippen molar-refractivity contribution in [1.29, 1.82) is 5.26 Å². The number of allylic oxidation sites excluding steroid dienone is 1. The number of nitrogens with zero attached hydrogens (tertiary/aromatic N) is 1. The molecule has 172 valence electrons. The van der Waals surface area contributed by atoms with Gasteiger partial charge in [0.2, 0.25) is 5.88 Å². The van der Waals surface area contributed by atoms with Crippen molar-refractivity contribution in [2.75, 3.05) is 31.8 Å². The van der Waals surface area contributed by atoms with Gasteiger partial charge in [0, 0.05) is 18.4 Å². The van der Waals surface area contributed by atoms with Crippen LogP contribution in [0.2, 0.25) is 0 Å². The van der Waals surface area contributed by atoms with Gasteiger partial charge in [-0.15, -0.1) is 0 Å². The van der Waals surface area contributed by atoms with E-state index in [1.54, 1.807) is 25.3 Å². The van der Waals surface area contributed by atoms with Crippen LogP contribution in [-0.2, 0) is 4.79 Å². The van der Waals surface area contributed by atoms with Crippen LogP contribution < -0.4 is 36.3 Å². The fourth-order valence-corrected chi connectivity index (χ4v) is 4.96. The van der Waals surface area contributed by atoms with Crippen molar-refractivity contribution in [3.05, 3.63) is 51.3 Å². The van der Waals surface area contributed by atoms with Crippen molar-refractivity contribution in [2.45, 2.75) is 24.8 Å². The lowest BCUT2D eigenvalue weighted by molar-refractivity contribution is -0.656. The third-order valence-electron chi connectivity index (χ3n) is 5.98. The van der Waals surface area contributed by atoms with Crippen molar-refractivity contribution >= 4 is 33.2 Å². The number of quaternary nitrogens is 1. The Hall–Kier alpha value is -3.42. The predicted octanol–water partition coefficient (Wildman–Crippen LogP) is 1.93. The Balaban J connectivity index is 1.79. The largest absolute Gasteiger partial charge is 0.493 e. The van der Waals surface area contributed by atoms with Gasteiger partial charge in [0.05, 0.1) is 42.5 Å². The normalized spacial score (nSPS) is 19.3. The van der Waals surface area contributed by atoms with Crippen LogP contribution in [0.5, 0.6) is 17.2 Å². The van der Waals surface area contributed by atoms with E-state index in [1.165, 1.54) is 7.11 Å². The zero-order chi connectivity index (χ0) is 23.7. The highest BCUT2D eigenvalue weighted by Gasteiger charge is 2.34. The predicted molar refractivity (Wildman–Crippen MR) is 126 cm³/mol. The van der Waals surface area contributed by atoms with Crippen LogP contribution in [0.4, 0.5) is 11.4 Å². The summed E-state index contributed by atoms with van der Waals surface area (Å²) in [5.74, 6) is 0.651. The highest BCUT2D eigenvalue weighted by atomic mass is 79.9. The van der Waals surface area contributed by atoms with E-state index in [2.05, 4.69) is 27.3 Å². The molecule has 4 rings (SSSR count). The molecular formula is C23H25BrN5O4+. The van der Waals surface area contributed by atoms with Gasteiger partial charge in [-0.25, -0.2) is 0 Å². The smallest absolute Gasteiger partial charge is 0.282 e. The van der Waals surface area contributed by atoms with Gasteiger partial charge in [0.25, 0.3) is 5.91 Å². The van der Waals surface area contributed by atoms with Gasteiger partial charge in [-0.1, -0.05) is 6.07 Å². The molecule has 0 bridgehead atoms. The van der Waals surface area contributed by atoms with Crippen molar-refractivity contribution in [1.82, 2.24) is 0 Å². The number of methoxy groups -OCH3 is 2. The van der Waals surface area contributed by atoms with Gasteiger partial charge in [-0.2, -0.15) is 5.26 Å². The van der Waals surface area contributed by atoms with Crippen LogP contribution in [0.15, 0.2) is 40.2 Å². The lowest BCUT2D eigenvalue weighted by Gasteiger charge is -2.29. The minimum absolute atomic E-state index is 0.0415. The molecule has 2 aromatic rings. The lowest BCUT2D eigenvalue weighted by atomic mass is 9.83. The molecule has 2 atom stereocenters. The first-order valence-electron chi connectivity index (χ1n) is 10.4. The fourth-order valence-electron chi connectivity index (χ4n) is 4.34. The Morgan fingerprint density at radius 1 is 1.30 bits per heavy atom. The number of anilines is 2. The minimum Gasteiger partial charge on any atom is -0.493 e. The number of carbonyl (C=O) groups excluding carboxylic acids is 1. The van der Waals surface area contributed by atoms with Gasteiger partial charge in [0.15, 0.2) is 23.3 Å². The Labute approximate surface area is 199 Å². The lowest BCUT2D eigenvalue weighted by Crippen LogP contribution is -2.88. The minimum atomic E-state index is -0.551. The van der Waals surface area contributed by atoms with Crippen molar-refractivity contribution in [3.63, 3.8) is 0 Å². The summed E-state index contributed by atoms with van der Waals surface area (Å²) in [5.41, 5.74) is 14.9. The quantitative estimate of drug-likeness (QED) is 0.445. The number of hydrogen-bond donors (Lipinski definition) is 4. The van der Waals surface area contributed by atoms with Crippen LogP contribution in [0.3, 0.4) is 0 Å². The average Bonchev–Trinajstić information content (AvgIpc) is 3.35. The molecule has 1 amide bonds. The van der Waals surface area contributed by atoms with Crippen LogP contribution >= 0.6 is 15.9 Å². The van der Waals surface area contributed by atoms with E-state index in [0.717, 1.165) is 24.9 Å². The molecule has 10 heteroatoms. The maximum Gasteiger partial charge on any atom is 0.282 e. The number of nitrogens with two attached hydrogens (primary N) is 3. The van der Waals surface area contributed by atoms with Gasteiger partial charge in [0.1, 0.15) is 11.6 Å². The Kier molecular flexibility index (Phi) is 6.35. The Morgan fingerprint density at radius 2 is 2.09 bits per heavy atom. The highest BCUT2D eigenvalue weighted by Crippen LogP contribution is 2.49.